The molecule has 3 N–H and O–H groups in total. The third-order valence-corrected chi connectivity index (χ3v) is 4.13. The Hall–Kier alpha value is -1.50. The Morgan fingerprint density at radius 3 is 2.91 bits per heavy atom. The van der Waals surface area contributed by atoms with Gasteiger partial charge in [-0.2, -0.15) is 0 Å². The van der Waals surface area contributed by atoms with E-state index in [1.165, 1.54) is 0 Å². The van der Waals surface area contributed by atoms with Crippen LogP contribution in [0.3, 0.4) is 0 Å². The van der Waals surface area contributed by atoms with Crippen molar-refractivity contribution in [2.45, 2.75) is 19.4 Å². The molecule has 0 spiro atoms. The molecule has 2 heterocycles. The average Bonchev–Trinajstić information content (AvgIpc) is 3.05. The minimum atomic E-state index is -0.0154. The number of rotatable bonds is 4. The summed E-state index contributed by atoms with van der Waals surface area (Å²) >= 11 is 0. The van der Waals surface area contributed by atoms with Crippen LogP contribution in [0.25, 0.3) is 0 Å². The molecular formula is C15H22ClN3O3. The van der Waals surface area contributed by atoms with Gasteiger partial charge in [0.05, 0.1) is 6.54 Å². The van der Waals surface area contributed by atoms with Crippen molar-refractivity contribution in [3.05, 3.63) is 18.2 Å². The molecule has 0 aromatic heterocycles. The zero-order valence-corrected chi connectivity index (χ0v) is 13.4. The van der Waals surface area contributed by atoms with Crippen molar-refractivity contribution >= 4 is 24.0 Å². The van der Waals surface area contributed by atoms with Gasteiger partial charge in [0.25, 0.3) is 0 Å². The Morgan fingerprint density at radius 2 is 2.18 bits per heavy atom. The third-order valence-electron chi connectivity index (χ3n) is 4.13. The number of halogens is 1. The molecular weight excluding hydrogens is 306 g/mol. The van der Waals surface area contributed by atoms with Crippen LogP contribution < -0.4 is 20.5 Å². The van der Waals surface area contributed by atoms with Crippen molar-refractivity contribution in [1.82, 2.24) is 4.90 Å². The summed E-state index contributed by atoms with van der Waals surface area (Å²) in [5.74, 6) is 1.87. The molecule has 1 saturated heterocycles. The Bertz CT molecular complexity index is 541. The minimum Gasteiger partial charge on any atom is -0.454 e. The van der Waals surface area contributed by atoms with Crippen LogP contribution in [0.5, 0.6) is 11.5 Å². The summed E-state index contributed by atoms with van der Waals surface area (Å²) in [5, 5.41) is 2.90. The summed E-state index contributed by atoms with van der Waals surface area (Å²) in [6.45, 7) is 4.35. The van der Waals surface area contributed by atoms with Gasteiger partial charge < -0.3 is 20.5 Å². The van der Waals surface area contributed by atoms with E-state index in [4.69, 9.17) is 15.2 Å². The summed E-state index contributed by atoms with van der Waals surface area (Å²) in [4.78, 5) is 14.3. The average molecular weight is 328 g/mol. The lowest BCUT2D eigenvalue weighted by molar-refractivity contribution is -0.117. The van der Waals surface area contributed by atoms with Gasteiger partial charge in [0, 0.05) is 24.3 Å². The van der Waals surface area contributed by atoms with E-state index >= 15 is 0 Å². The van der Waals surface area contributed by atoms with Crippen molar-refractivity contribution < 1.29 is 14.3 Å². The molecule has 122 valence electrons. The number of carbonyl (C=O) groups is 1. The van der Waals surface area contributed by atoms with Gasteiger partial charge in [-0.05, 0) is 37.9 Å². The smallest absolute Gasteiger partial charge is 0.238 e. The van der Waals surface area contributed by atoms with Crippen molar-refractivity contribution in [3.63, 3.8) is 0 Å². The molecule has 22 heavy (non-hydrogen) atoms. The fraction of sp³-hybridized carbons (Fsp3) is 0.533. The van der Waals surface area contributed by atoms with Crippen LogP contribution in [0, 0.1) is 5.92 Å². The molecule has 6 nitrogen and oxygen atoms in total. The number of ether oxygens (including phenoxy) is 2. The normalized spacial score (nSPS) is 23.2. The van der Waals surface area contributed by atoms with Gasteiger partial charge in [0.1, 0.15) is 0 Å². The number of likely N-dealkylation sites (tertiary alicyclic amines) is 1. The minimum absolute atomic E-state index is 0. The third kappa shape index (κ3) is 3.63. The fourth-order valence-corrected chi connectivity index (χ4v) is 2.97. The van der Waals surface area contributed by atoms with Gasteiger partial charge in [-0.1, -0.05) is 0 Å². The van der Waals surface area contributed by atoms with Crippen LogP contribution >= 0.6 is 12.4 Å². The van der Waals surface area contributed by atoms with Crippen LogP contribution in [-0.4, -0.2) is 43.3 Å². The molecule has 2 aliphatic rings. The fourth-order valence-electron chi connectivity index (χ4n) is 2.97. The van der Waals surface area contributed by atoms with Crippen molar-refractivity contribution in [3.8, 4) is 11.5 Å². The van der Waals surface area contributed by atoms with Crippen molar-refractivity contribution in [2.24, 2.45) is 11.7 Å². The molecule has 1 aromatic rings. The highest BCUT2D eigenvalue weighted by molar-refractivity contribution is 5.92. The van der Waals surface area contributed by atoms with Crippen LogP contribution in [0.1, 0.15) is 13.3 Å². The zero-order valence-electron chi connectivity index (χ0n) is 12.6. The number of amides is 1. The molecule has 2 unspecified atom stereocenters. The number of nitrogens with zero attached hydrogens (tertiary/aromatic N) is 1. The van der Waals surface area contributed by atoms with Crippen LogP contribution in [0.4, 0.5) is 5.69 Å². The Labute approximate surface area is 136 Å². The lowest BCUT2D eigenvalue weighted by atomic mass is 10.1. The van der Waals surface area contributed by atoms with Crippen molar-refractivity contribution in [2.75, 3.05) is 31.7 Å². The Balaban J connectivity index is 0.00000176. The molecule has 2 aliphatic heterocycles. The van der Waals surface area contributed by atoms with Gasteiger partial charge in [0.2, 0.25) is 12.7 Å². The highest BCUT2D eigenvalue weighted by Gasteiger charge is 2.29. The van der Waals surface area contributed by atoms with E-state index in [-0.39, 0.29) is 25.1 Å². The number of nitrogens with one attached hydrogen (secondary N) is 1. The number of hydrogen-bond acceptors (Lipinski definition) is 5. The summed E-state index contributed by atoms with van der Waals surface area (Å²) in [6.07, 6.45) is 1.06. The number of nitrogens with two attached hydrogens (primary N) is 1. The molecule has 1 aromatic carbocycles. The molecule has 1 amide bonds. The number of anilines is 1. The second-order valence-corrected chi connectivity index (χ2v) is 5.73. The molecule has 1 fully saturated rings. The maximum absolute atomic E-state index is 12.2. The summed E-state index contributed by atoms with van der Waals surface area (Å²) in [5.41, 5.74) is 6.44. The first kappa shape index (κ1) is 16.9. The number of benzene rings is 1. The monoisotopic (exact) mass is 327 g/mol. The molecule has 0 radical (unpaired) electrons. The molecule has 7 heteroatoms. The van der Waals surface area contributed by atoms with Gasteiger partial charge in [-0.25, -0.2) is 0 Å². The van der Waals surface area contributed by atoms with Crippen LogP contribution in [-0.2, 0) is 4.79 Å². The predicted molar refractivity (Wildman–Crippen MR) is 86.6 cm³/mol. The summed E-state index contributed by atoms with van der Waals surface area (Å²) in [7, 11) is 0. The van der Waals surface area contributed by atoms with E-state index in [9.17, 15) is 4.79 Å². The molecule has 0 bridgehead atoms. The van der Waals surface area contributed by atoms with E-state index in [2.05, 4.69) is 17.1 Å². The molecule has 3 rings (SSSR count). The first-order chi connectivity index (χ1) is 10.2. The van der Waals surface area contributed by atoms with E-state index < -0.39 is 0 Å². The zero-order chi connectivity index (χ0) is 14.8. The molecule has 2 atom stereocenters. The lowest BCUT2D eigenvalue weighted by Crippen LogP contribution is -2.35. The van der Waals surface area contributed by atoms with Crippen LogP contribution in [0.2, 0.25) is 0 Å². The quantitative estimate of drug-likeness (QED) is 0.875. The second-order valence-electron chi connectivity index (χ2n) is 5.73. The highest BCUT2D eigenvalue weighted by atomic mass is 35.5. The van der Waals surface area contributed by atoms with Gasteiger partial charge >= 0.3 is 0 Å². The first-order valence-electron chi connectivity index (χ1n) is 7.29. The highest BCUT2D eigenvalue weighted by Crippen LogP contribution is 2.34. The van der Waals surface area contributed by atoms with Gasteiger partial charge in [-0.3, -0.25) is 9.69 Å². The van der Waals surface area contributed by atoms with Crippen molar-refractivity contribution in [1.29, 1.82) is 0 Å². The molecule has 0 aliphatic carbocycles. The Kier molecular flexibility index (Phi) is 5.50. The number of fused-ring (bicyclic) bond motifs is 1. The SMILES string of the molecule is CC1CC(CN)CN1CC(=O)Nc1ccc2c(c1)OCO2.Cl. The molecule has 0 saturated carbocycles. The lowest BCUT2D eigenvalue weighted by Gasteiger charge is -2.20. The van der Waals surface area contributed by atoms with E-state index in [0.29, 0.717) is 36.5 Å². The predicted octanol–water partition coefficient (Wildman–Crippen LogP) is 1.44. The maximum Gasteiger partial charge on any atom is 0.238 e. The van der Waals surface area contributed by atoms with Crippen LogP contribution in [0.15, 0.2) is 18.2 Å². The van der Waals surface area contributed by atoms with Gasteiger partial charge in [0.15, 0.2) is 11.5 Å². The largest absolute Gasteiger partial charge is 0.454 e. The summed E-state index contributed by atoms with van der Waals surface area (Å²) in [6, 6.07) is 5.82. The number of carbonyl (C=O) groups excluding carboxylic acids is 1. The van der Waals surface area contributed by atoms with E-state index in [0.717, 1.165) is 18.7 Å². The maximum atomic E-state index is 12.2. The number of hydrogen-bond donors (Lipinski definition) is 2. The standard InChI is InChI=1S/C15H21N3O3.ClH/c1-10-4-11(6-16)7-18(10)8-15(19)17-12-2-3-13-14(5-12)21-9-20-13;/h2-3,5,10-11H,4,6-9,16H2,1H3,(H,17,19);1H. The van der Waals surface area contributed by atoms with E-state index in [1.807, 2.05) is 6.07 Å². The summed E-state index contributed by atoms with van der Waals surface area (Å²) < 4.78 is 10.6. The van der Waals surface area contributed by atoms with E-state index in [1.54, 1.807) is 12.1 Å². The topological polar surface area (TPSA) is 76.8 Å². The van der Waals surface area contributed by atoms with Gasteiger partial charge in [-0.15, -0.1) is 12.4 Å². The first-order valence-corrected chi connectivity index (χ1v) is 7.29. The Morgan fingerprint density at radius 1 is 1.41 bits per heavy atom. The second kappa shape index (κ2) is 7.17.